The summed E-state index contributed by atoms with van der Waals surface area (Å²) in [7, 11) is 0. The van der Waals surface area contributed by atoms with E-state index in [1.54, 1.807) is 24.3 Å². The van der Waals surface area contributed by atoms with Gasteiger partial charge in [-0.3, -0.25) is 0 Å². The second-order valence-electron chi connectivity index (χ2n) is 4.52. The van der Waals surface area contributed by atoms with Gasteiger partial charge in [0.2, 0.25) is 0 Å². The first-order chi connectivity index (χ1) is 8.01. The molecule has 1 saturated carbocycles. The third-order valence-electron chi connectivity index (χ3n) is 3.34. The van der Waals surface area contributed by atoms with Gasteiger partial charge in [-0.2, -0.15) is 0 Å². The van der Waals surface area contributed by atoms with Crippen LogP contribution in [0, 0.1) is 0 Å². The Bertz CT molecular complexity index is 432. The average molecular weight is 319 g/mol. The molecule has 0 radical (unpaired) electrons. The predicted molar refractivity (Wildman–Crippen MR) is 68.0 cm³/mol. The van der Waals surface area contributed by atoms with Crippen molar-refractivity contribution in [2.24, 2.45) is 0 Å². The summed E-state index contributed by atoms with van der Waals surface area (Å²) in [5, 5.41) is 10.4. The van der Waals surface area contributed by atoms with Gasteiger partial charge in [0.15, 0.2) is 0 Å². The fourth-order valence-electron chi connectivity index (χ4n) is 2.35. The Hall–Kier alpha value is -0.212. The summed E-state index contributed by atoms with van der Waals surface area (Å²) in [5.74, 6) is 0. The molecule has 1 aromatic rings. The molecule has 1 aromatic carbocycles. The summed E-state index contributed by atoms with van der Waals surface area (Å²) < 4.78 is 22.8. The minimum atomic E-state index is -4.20. The maximum absolute atomic E-state index is 12.5. The van der Waals surface area contributed by atoms with Crippen molar-refractivity contribution in [2.45, 2.75) is 36.5 Å². The topological polar surface area (TPSA) is 57.5 Å². The van der Waals surface area contributed by atoms with Gasteiger partial charge in [-0.1, -0.05) is 0 Å². The van der Waals surface area contributed by atoms with Crippen LogP contribution in [0.25, 0.3) is 0 Å². The maximum atomic E-state index is 12.5. The molecule has 0 spiro atoms. The fraction of sp³-hybridized carbons (Fsp3) is 0.500. The van der Waals surface area contributed by atoms with Crippen molar-refractivity contribution in [2.75, 3.05) is 0 Å². The molecule has 94 valence electrons. The molecule has 2 N–H and O–H groups in total. The van der Waals surface area contributed by atoms with Crippen LogP contribution < -0.4 is 4.35 Å². The quantitative estimate of drug-likeness (QED) is 0.816. The van der Waals surface area contributed by atoms with E-state index in [0.29, 0.717) is 22.2 Å². The molecule has 2 rings (SSSR count). The molecule has 17 heavy (non-hydrogen) atoms. The fourth-order valence-corrected chi connectivity index (χ4v) is 6.89. The van der Waals surface area contributed by atoms with E-state index in [-0.39, 0.29) is 0 Å². The van der Waals surface area contributed by atoms with Crippen LogP contribution in [0.3, 0.4) is 0 Å². The van der Waals surface area contributed by atoms with Crippen LogP contribution >= 0.6 is 11.6 Å². The Morgan fingerprint density at radius 2 is 1.76 bits per heavy atom. The van der Waals surface area contributed by atoms with Crippen LogP contribution in [0.1, 0.15) is 25.7 Å². The van der Waals surface area contributed by atoms with E-state index >= 15 is 0 Å². The monoisotopic (exact) mass is 318 g/mol. The zero-order valence-electron chi connectivity index (χ0n) is 9.42. The second kappa shape index (κ2) is 5.19. The van der Waals surface area contributed by atoms with E-state index in [1.807, 2.05) is 0 Å². The van der Waals surface area contributed by atoms with Crippen molar-refractivity contribution < 1.29 is 12.9 Å². The molecular weight excluding hydrogens is 303 g/mol. The van der Waals surface area contributed by atoms with Gasteiger partial charge in [0.1, 0.15) is 0 Å². The van der Waals surface area contributed by atoms with Crippen molar-refractivity contribution in [3.8, 4) is 0 Å². The first-order valence-corrected chi connectivity index (χ1v) is 9.79. The van der Waals surface area contributed by atoms with Crippen LogP contribution in [0.2, 0.25) is 9.73 Å². The Morgan fingerprint density at radius 3 is 2.35 bits per heavy atom. The molecule has 0 bridgehead atoms. The van der Waals surface area contributed by atoms with Gasteiger partial charge in [0.25, 0.3) is 0 Å². The van der Waals surface area contributed by atoms with Crippen LogP contribution in [0.15, 0.2) is 24.3 Å². The number of halogens is 1. The number of rotatable bonds is 2. The molecule has 5 heteroatoms. The molecule has 0 aromatic heterocycles. The van der Waals surface area contributed by atoms with Gasteiger partial charge in [-0.15, -0.1) is 0 Å². The predicted octanol–water partition coefficient (Wildman–Crippen LogP) is 1.72. The number of aliphatic hydroxyl groups excluding tert-OH is 1. The Kier molecular flexibility index (Phi) is 4.04. The summed E-state index contributed by atoms with van der Waals surface area (Å²) in [6, 6.07) is 6.44. The summed E-state index contributed by atoms with van der Waals surface area (Å²) >= 11 is 1.56. The van der Waals surface area contributed by atoms with Gasteiger partial charge in [0, 0.05) is 0 Å². The molecule has 0 heterocycles. The van der Waals surface area contributed by atoms with Gasteiger partial charge in [-0.05, 0) is 0 Å². The van der Waals surface area contributed by atoms with Crippen molar-refractivity contribution in [1.29, 1.82) is 0 Å². The van der Waals surface area contributed by atoms with Crippen LogP contribution in [0.5, 0.6) is 0 Å². The normalized spacial score (nSPS) is 28.6. The standard InChI is InChI=1S/C12H16AsClO3/c14-10-7-5-9(6-8-10)13(16,17)11-3-1-2-4-12(11)15/h5-8,11-12,15H,1-4H2,(H,16,17). The van der Waals surface area contributed by atoms with Gasteiger partial charge < -0.3 is 0 Å². The molecule has 0 amide bonds. The first-order valence-electron chi connectivity index (χ1n) is 5.78. The number of hydrogen-bond donors (Lipinski definition) is 2. The van der Waals surface area contributed by atoms with Crippen molar-refractivity contribution in [3.05, 3.63) is 29.3 Å². The van der Waals surface area contributed by atoms with Crippen molar-refractivity contribution >= 4 is 29.8 Å². The molecule has 1 fully saturated rings. The third-order valence-corrected chi connectivity index (χ3v) is 8.92. The number of benzene rings is 1. The van der Waals surface area contributed by atoms with Gasteiger partial charge in [-0.25, -0.2) is 0 Å². The average Bonchev–Trinajstić information content (AvgIpc) is 2.30. The van der Waals surface area contributed by atoms with Crippen molar-refractivity contribution in [3.63, 3.8) is 0 Å². The van der Waals surface area contributed by atoms with E-state index in [2.05, 4.69) is 0 Å². The molecule has 0 saturated heterocycles. The van der Waals surface area contributed by atoms with E-state index in [4.69, 9.17) is 11.6 Å². The van der Waals surface area contributed by atoms with E-state index in [0.717, 1.165) is 12.8 Å². The molecule has 3 atom stereocenters. The third kappa shape index (κ3) is 2.79. The zero-order valence-corrected chi connectivity index (χ0v) is 12.1. The number of aliphatic hydroxyl groups is 1. The Morgan fingerprint density at radius 1 is 1.18 bits per heavy atom. The summed E-state index contributed by atoms with van der Waals surface area (Å²) in [6.45, 7) is 0. The summed E-state index contributed by atoms with van der Waals surface area (Å²) in [6.07, 6.45) is 2.48. The van der Waals surface area contributed by atoms with Crippen molar-refractivity contribution in [1.82, 2.24) is 0 Å². The van der Waals surface area contributed by atoms with E-state index in [1.165, 1.54) is 0 Å². The first kappa shape index (κ1) is 13.2. The Balaban J connectivity index is 2.28. The van der Waals surface area contributed by atoms with Gasteiger partial charge in [0.05, 0.1) is 0 Å². The van der Waals surface area contributed by atoms with E-state index in [9.17, 15) is 12.9 Å². The molecule has 3 nitrogen and oxygen atoms in total. The minimum absolute atomic E-state index is 0.443. The second-order valence-corrected chi connectivity index (χ2v) is 10.0. The molecule has 1 aliphatic rings. The molecule has 0 aliphatic heterocycles. The van der Waals surface area contributed by atoms with E-state index < -0.39 is 24.6 Å². The van der Waals surface area contributed by atoms with Crippen LogP contribution in [-0.4, -0.2) is 29.1 Å². The number of hydrogen-bond acceptors (Lipinski definition) is 2. The van der Waals surface area contributed by atoms with Crippen LogP contribution in [0.4, 0.5) is 0 Å². The summed E-state index contributed by atoms with van der Waals surface area (Å²) in [4.78, 5) is 0. The molecule has 3 unspecified atom stereocenters. The zero-order chi connectivity index (χ0) is 12.5. The Labute approximate surface area is 108 Å². The molecular formula is C12H16AsClO3. The van der Waals surface area contributed by atoms with Crippen LogP contribution in [-0.2, 0) is 3.74 Å². The molecule has 1 aliphatic carbocycles. The summed E-state index contributed by atoms with van der Waals surface area (Å²) in [5.41, 5.74) is 0. The SMILES string of the molecule is O=[As](O)(c1ccc(Cl)cc1)C1CCCCC1O. The van der Waals surface area contributed by atoms with Gasteiger partial charge >= 0.3 is 109 Å².